The summed E-state index contributed by atoms with van der Waals surface area (Å²) in [4.78, 5) is 25.8. The molecule has 0 bridgehead atoms. The number of piperidine rings is 1. The molecule has 0 saturated carbocycles. The fourth-order valence-corrected chi connectivity index (χ4v) is 2.82. The van der Waals surface area contributed by atoms with E-state index in [-0.39, 0.29) is 17.9 Å². The second kappa shape index (κ2) is 8.06. The van der Waals surface area contributed by atoms with E-state index in [2.05, 4.69) is 5.32 Å². The molecule has 7 heteroatoms. The summed E-state index contributed by atoms with van der Waals surface area (Å²) < 4.78 is 10.1. The minimum Gasteiger partial charge on any atom is -0.495 e. The van der Waals surface area contributed by atoms with Crippen molar-refractivity contribution in [2.24, 2.45) is 5.92 Å². The molecule has 0 aliphatic carbocycles. The van der Waals surface area contributed by atoms with Crippen molar-refractivity contribution in [2.75, 3.05) is 32.1 Å². The average Bonchev–Trinajstić information content (AvgIpc) is 2.55. The van der Waals surface area contributed by atoms with Gasteiger partial charge in [-0.15, -0.1) is 0 Å². The Morgan fingerprint density at radius 1 is 1.43 bits per heavy atom. The molecule has 1 atom stereocenters. The predicted molar refractivity (Wildman–Crippen MR) is 88.0 cm³/mol. The van der Waals surface area contributed by atoms with E-state index < -0.39 is 0 Å². The minimum absolute atomic E-state index is 0.238. The number of carbonyl (C=O) groups is 2. The number of nitrogens with one attached hydrogen (secondary N) is 1. The number of anilines is 1. The number of amides is 2. The molecule has 1 unspecified atom stereocenters. The molecule has 1 saturated heterocycles. The number of hydrogen-bond donors (Lipinski definition) is 1. The van der Waals surface area contributed by atoms with Crippen molar-refractivity contribution < 1.29 is 19.1 Å². The molecular weight excluding hydrogens is 320 g/mol. The van der Waals surface area contributed by atoms with Crippen LogP contribution < -0.4 is 10.1 Å². The Labute approximate surface area is 140 Å². The van der Waals surface area contributed by atoms with Crippen LogP contribution in [0.4, 0.5) is 10.5 Å². The van der Waals surface area contributed by atoms with Gasteiger partial charge in [0.1, 0.15) is 5.75 Å². The van der Waals surface area contributed by atoms with Crippen LogP contribution in [0.5, 0.6) is 5.75 Å². The Morgan fingerprint density at radius 2 is 2.22 bits per heavy atom. The van der Waals surface area contributed by atoms with Gasteiger partial charge in [-0.2, -0.15) is 0 Å². The van der Waals surface area contributed by atoms with Gasteiger partial charge in [0.05, 0.1) is 24.7 Å². The lowest BCUT2D eigenvalue weighted by Gasteiger charge is -2.31. The van der Waals surface area contributed by atoms with Crippen LogP contribution in [-0.2, 0) is 9.53 Å². The molecule has 0 radical (unpaired) electrons. The molecule has 23 heavy (non-hydrogen) atoms. The molecule has 1 aromatic carbocycles. The second-order valence-corrected chi connectivity index (χ2v) is 5.72. The standard InChI is InChI=1S/C16H21ClN2O4/c1-3-23-15(20)11-5-4-8-19(10-11)16(21)18-12-6-7-14(22-2)13(17)9-12/h6-7,9,11H,3-5,8,10H2,1-2H3,(H,18,21). The normalized spacial score (nSPS) is 17.5. The van der Waals surface area contributed by atoms with Gasteiger partial charge in [-0.3, -0.25) is 4.79 Å². The van der Waals surface area contributed by atoms with E-state index in [1.54, 1.807) is 30.0 Å². The zero-order chi connectivity index (χ0) is 16.8. The van der Waals surface area contributed by atoms with Gasteiger partial charge in [0.15, 0.2) is 0 Å². The zero-order valence-corrected chi connectivity index (χ0v) is 14.1. The largest absolute Gasteiger partial charge is 0.495 e. The van der Waals surface area contributed by atoms with Crippen molar-refractivity contribution in [1.29, 1.82) is 0 Å². The number of methoxy groups -OCH3 is 1. The first-order valence-corrected chi connectivity index (χ1v) is 7.99. The molecule has 2 rings (SSSR count). The lowest BCUT2D eigenvalue weighted by molar-refractivity contribution is -0.149. The summed E-state index contributed by atoms with van der Waals surface area (Å²) in [5.41, 5.74) is 0.582. The molecular formula is C16H21ClN2O4. The maximum Gasteiger partial charge on any atom is 0.321 e. The summed E-state index contributed by atoms with van der Waals surface area (Å²) >= 11 is 6.05. The Bertz CT molecular complexity index is 579. The van der Waals surface area contributed by atoms with Crippen LogP contribution in [0.25, 0.3) is 0 Å². The number of esters is 1. The number of carbonyl (C=O) groups excluding carboxylic acids is 2. The van der Waals surface area contributed by atoms with Crippen LogP contribution >= 0.6 is 11.6 Å². The molecule has 1 aliphatic rings. The smallest absolute Gasteiger partial charge is 0.321 e. The van der Waals surface area contributed by atoms with Crippen LogP contribution in [-0.4, -0.2) is 43.7 Å². The molecule has 1 aliphatic heterocycles. The third-order valence-electron chi connectivity index (χ3n) is 3.73. The number of ether oxygens (including phenoxy) is 2. The summed E-state index contributed by atoms with van der Waals surface area (Å²) in [6.45, 7) is 3.12. The predicted octanol–water partition coefficient (Wildman–Crippen LogP) is 3.16. The number of urea groups is 1. The lowest BCUT2D eigenvalue weighted by atomic mass is 9.98. The first-order chi connectivity index (χ1) is 11.0. The van der Waals surface area contributed by atoms with Crippen molar-refractivity contribution in [3.05, 3.63) is 23.2 Å². The van der Waals surface area contributed by atoms with E-state index >= 15 is 0 Å². The van der Waals surface area contributed by atoms with Gasteiger partial charge in [-0.1, -0.05) is 11.6 Å². The number of rotatable bonds is 4. The Morgan fingerprint density at radius 3 is 2.87 bits per heavy atom. The van der Waals surface area contributed by atoms with Crippen molar-refractivity contribution in [2.45, 2.75) is 19.8 Å². The van der Waals surface area contributed by atoms with Crippen molar-refractivity contribution >= 4 is 29.3 Å². The Hall–Kier alpha value is -1.95. The molecule has 0 aromatic heterocycles. The maximum absolute atomic E-state index is 12.3. The fraction of sp³-hybridized carbons (Fsp3) is 0.500. The fourth-order valence-electron chi connectivity index (χ4n) is 2.56. The number of hydrogen-bond acceptors (Lipinski definition) is 4. The quantitative estimate of drug-likeness (QED) is 0.855. The topological polar surface area (TPSA) is 67.9 Å². The van der Waals surface area contributed by atoms with Gasteiger partial charge in [0, 0.05) is 18.8 Å². The van der Waals surface area contributed by atoms with E-state index in [1.807, 2.05) is 0 Å². The zero-order valence-electron chi connectivity index (χ0n) is 13.3. The van der Waals surface area contributed by atoms with E-state index in [1.165, 1.54) is 7.11 Å². The summed E-state index contributed by atoms with van der Waals surface area (Å²) in [5.74, 6) is 0.0522. The third kappa shape index (κ3) is 4.51. The summed E-state index contributed by atoms with van der Waals surface area (Å²) in [6, 6.07) is 4.79. The molecule has 1 fully saturated rings. The number of halogens is 1. The summed E-state index contributed by atoms with van der Waals surface area (Å²) in [6.07, 6.45) is 1.53. The van der Waals surface area contributed by atoms with Gasteiger partial charge in [0.2, 0.25) is 0 Å². The van der Waals surface area contributed by atoms with Gasteiger partial charge in [0.25, 0.3) is 0 Å². The van der Waals surface area contributed by atoms with Crippen LogP contribution in [0, 0.1) is 5.92 Å². The van der Waals surface area contributed by atoms with Crippen LogP contribution in [0.1, 0.15) is 19.8 Å². The first kappa shape index (κ1) is 17.4. The van der Waals surface area contributed by atoms with Gasteiger partial charge in [-0.25, -0.2) is 4.79 Å². The lowest BCUT2D eigenvalue weighted by Crippen LogP contribution is -2.44. The second-order valence-electron chi connectivity index (χ2n) is 5.32. The van der Waals surface area contributed by atoms with Crippen molar-refractivity contribution in [1.82, 2.24) is 4.90 Å². The van der Waals surface area contributed by atoms with Gasteiger partial charge < -0.3 is 19.7 Å². The van der Waals surface area contributed by atoms with E-state index in [9.17, 15) is 9.59 Å². The summed E-state index contributed by atoms with van der Waals surface area (Å²) in [7, 11) is 1.53. The average molecular weight is 341 g/mol. The molecule has 6 nitrogen and oxygen atoms in total. The first-order valence-electron chi connectivity index (χ1n) is 7.61. The summed E-state index contributed by atoms with van der Waals surface area (Å²) in [5, 5.41) is 3.21. The van der Waals surface area contributed by atoms with Crippen LogP contribution in [0.2, 0.25) is 5.02 Å². The maximum atomic E-state index is 12.3. The number of nitrogens with zero attached hydrogens (tertiary/aromatic N) is 1. The highest BCUT2D eigenvalue weighted by Crippen LogP contribution is 2.27. The van der Waals surface area contributed by atoms with Crippen molar-refractivity contribution in [3.63, 3.8) is 0 Å². The van der Waals surface area contributed by atoms with E-state index in [0.717, 1.165) is 12.8 Å². The number of benzene rings is 1. The van der Waals surface area contributed by atoms with Crippen molar-refractivity contribution in [3.8, 4) is 5.75 Å². The highest BCUT2D eigenvalue weighted by molar-refractivity contribution is 6.32. The molecule has 1 N–H and O–H groups in total. The third-order valence-corrected chi connectivity index (χ3v) is 4.03. The highest BCUT2D eigenvalue weighted by atomic mass is 35.5. The molecule has 126 valence electrons. The van der Waals surface area contributed by atoms with E-state index in [0.29, 0.717) is 36.2 Å². The van der Waals surface area contributed by atoms with Gasteiger partial charge >= 0.3 is 12.0 Å². The Balaban J connectivity index is 1.97. The number of likely N-dealkylation sites (tertiary alicyclic amines) is 1. The molecule has 1 aromatic rings. The van der Waals surface area contributed by atoms with E-state index in [4.69, 9.17) is 21.1 Å². The Kier molecular flexibility index (Phi) is 6.10. The molecule has 1 heterocycles. The van der Waals surface area contributed by atoms with Crippen LogP contribution in [0.15, 0.2) is 18.2 Å². The SMILES string of the molecule is CCOC(=O)C1CCCN(C(=O)Nc2ccc(OC)c(Cl)c2)C1. The monoisotopic (exact) mass is 340 g/mol. The van der Waals surface area contributed by atoms with Gasteiger partial charge in [-0.05, 0) is 38.0 Å². The minimum atomic E-state index is -0.256. The molecule has 2 amide bonds. The van der Waals surface area contributed by atoms with Crippen LogP contribution in [0.3, 0.4) is 0 Å². The highest BCUT2D eigenvalue weighted by Gasteiger charge is 2.29. The molecule has 0 spiro atoms.